The number of carbonyl (C=O) groups excluding carboxylic acids is 5. The lowest BCUT2D eigenvalue weighted by molar-refractivity contribution is -0.141. The zero-order valence-electron chi connectivity index (χ0n) is 31.8. The summed E-state index contributed by atoms with van der Waals surface area (Å²) in [7, 11) is -4.53. The van der Waals surface area contributed by atoms with Crippen molar-refractivity contribution in [1.29, 1.82) is 0 Å². The molecule has 4 N–H and O–H groups in total. The highest BCUT2D eigenvalue weighted by Crippen LogP contribution is 2.46. The third kappa shape index (κ3) is 9.38. The van der Waals surface area contributed by atoms with Gasteiger partial charge in [-0.3, -0.25) is 19.3 Å². The molecule has 18 heteroatoms. The van der Waals surface area contributed by atoms with Crippen LogP contribution in [0.25, 0.3) is 0 Å². The van der Waals surface area contributed by atoms with Crippen molar-refractivity contribution in [1.82, 2.24) is 25.2 Å². The number of carboxylic acid groups (broad SMARTS) is 1. The average molecular weight is 812 g/mol. The van der Waals surface area contributed by atoms with Crippen molar-refractivity contribution in [2.45, 2.75) is 113 Å². The lowest BCUT2D eigenvalue weighted by atomic mass is 10.0. The highest BCUT2D eigenvalue weighted by molar-refractivity contribution is 7.90. The lowest BCUT2D eigenvalue weighted by Gasteiger charge is -2.30. The molecule has 0 aromatic heterocycles. The van der Waals surface area contributed by atoms with Gasteiger partial charge >= 0.3 is 18.2 Å². The maximum atomic E-state index is 14.5. The van der Waals surface area contributed by atoms with E-state index in [1.165, 1.54) is 15.9 Å². The van der Waals surface area contributed by atoms with Gasteiger partial charge in [0.2, 0.25) is 11.8 Å². The summed E-state index contributed by atoms with van der Waals surface area (Å²) in [5.74, 6) is -4.86. The van der Waals surface area contributed by atoms with E-state index in [1.807, 2.05) is 10.8 Å². The summed E-state index contributed by atoms with van der Waals surface area (Å²) in [6, 6.07) is 6.31. The number of nitrogens with one attached hydrogen (secondary N) is 3. The van der Waals surface area contributed by atoms with Gasteiger partial charge in [-0.2, -0.15) is 0 Å². The van der Waals surface area contributed by atoms with Crippen molar-refractivity contribution in [3.63, 3.8) is 0 Å². The molecule has 16 nitrogen and oxygen atoms in total. The molecule has 0 bridgehead atoms. The van der Waals surface area contributed by atoms with E-state index in [9.17, 15) is 46.7 Å². The Balaban J connectivity index is 1.26. The van der Waals surface area contributed by atoms with Crippen molar-refractivity contribution in [2.24, 2.45) is 5.92 Å². The maximum absolute atomic E-state index is 14.5. The summed E-state index contributed by atoms with van der Waals surface area (Å²) < 4.78 is 54.3. The summed E-state index contributed by atoms with van der Waals surface area (Å²) >= 11 is 0. The van der Waals surface area contributed by atoms with E-state index in [0.717, 1.165) is 24.3 Å². The third-order valence-corrected chi connectivity index (χ3v) is 11.8. The number of benzene rings is 2. The first kappa shape index (κ1) is 41.1. The summed E-state index contributed by atoms with van der Waals surface area (Å²) in [5.41, 5.74) is -1.81. The molecular formula is C39H46FN5O11S. The van der Waals surface area contributed by atoms with E-state index < -0.39 is 87.0 Å². The number of ether oxygens (including phenoxy) is 2. The molecule has 4 aliphatic rings. The van der Waals surface area contributed by atoms with Gasteiger partial charge < -0.3 is 30.1 Å². The number of nitrogens with zero attached hydrogens (tertiary/aromatic N) is 2. The minimum atomic E-state index is -4.53. The van der Waals surface area contributed by atoms with Crippen LogP contribution in [0.4, 0.5) is 14.0 Å². The topological polar surface area (TPSA) is 218 Å². The number of sulfonamides is 1. The molecule has 2 aromatic carbocycles. The molecule has 306 valence electrons. The van der Waals surface area contributed by atoms with Crippen LogP contribution in [0, 0.1) is 11.7 Å². The average Bonchev–Trinajstić information content (AvgIpc) is 3.42. The number of hydrogen-bond donors (Lipinski definition) is 4. The smallest absolute Gasteiger partial charge is 0.410 e. The third-order valence-electron chi connectivity index (χ3n) is 10.4. The molecule has 5 atom stereocenters. The molecule has 2 fully saturated rings. The van der Waals surface area contributed by atoms with Gasteiger partial charge in [-0.1, -0.05) is 37.1 Å². The van der Waals surface area contributed by atoms with Crippen molar-refractivity contribution in [3.05, 3.63) is 77.1 Å². The van der Waals surface area contributed by atoms with Crippen molar-refractivity contribution in [2.75, 3.05) is 6.54 Å². The molecule has 1 saturated carbocycles. The van der Waals surface area contributed by atoms with Gasteiger partial charge in [-0.05, 0) is 82.3 Å². The van der Waals surface area contributed by atoms with E-state index in [0.29, 0.717) is 36.8 Å². The molecule has 1 aliphatic carbocycles. The van der Waals surface area contributed by atoms with Crippen LogP contribution < -0.4 is 15.4 Å². The number of carboxylic acids is 1. The molecule has 0 radical (unpaired) electrons. The minimum absolute atomic E-state index is 0.0303. The largest absolute Gasteiger partial charge is 0.478 e. The molecule has 3 aliphatic heterocycles. The van der Waals surface area contributed by atoms with E-state index in [-0.39, 0.29) is 49.4 Å². The van der Waals surface area contributed by atoms with Crippen LogP contribution in [-0.2, 0) is 47.0 Å². The molecule has 3 heterocycles. The minimum Gasteiger partial charge on any atom is -0.478 e. The number of rotatable bonds is 6. The Morgan fingerprint density at radius 3 is 2.44 bits per heavy atom. The van der Waals surface area contributed by atoms with Gasteiger partial charge in [-0.25, -0.2) is 31.9 Å². The Morgan fingerprint density at radius 2 is 1.75 bits per heavy atom. The fraction of sp³-hybridized carbons (Fsp3) is 0.487. The Bertz CT molecular complexity index is 2090. The Morgan fingerprint density at radius 1 is 1.02 bits per heavy atom. The fourth-order valence-electron chi connectivity index (χ4n) is 7.39. The molecule has 2 aromatic rings. The number of amides is 5. The van der Waals surface area contributed by atoms with Crippen LogP contribution in [0.1, 0.15) is 87.2 Å². The first-order valence-corrected chi connectivity index (χ1v) is 20.3. The number of halogens is 1. The second kappa shape index (κ2) is 16.1. The zero-order chi connectivity index (χ0) is 41.3. The summed E-state index contributed by atoms with van der Waals surface area (Å²) in [6.07, 6.45) is 3.41. The van der Waals surface area contributed by atoms with Gasteiger partial charge in [0.1, 0.15) is 35.1 Å². The van der Waals surface area contributed by atoms with Crippen LogP contribution in [0.5, 0.6) is 0 Å². The fourth-order valence-corrected chi connectivity index (χ4v) is 8.43. The van der Waals surface area contributed by atoms with Crippen molar-refractivity contribution >= 4 is 45.9 Å². The summed E-state index contributed by atoms with van der Waals surface area (Å²) in [4.78, 5) is 82.4. The maximum Gasteiger partial charge on any atom is 0.410 e. The van der Waals surface area contributed by atoms with E-state index in [2.05, 4.69) is 10.6 Å². The van der Waals surface area contributed by atoms with Gasteiger partial charge in [0, 0.05) is 24.4 Å². The zero-order valence-corrected chi connectivity index (χ0v) is 32.6. The van der Waals surface area contributed by atoms with Gasteiger partial charge in [0.25, 0.3) is 15.9 Å². The predicted octanol–water partition coefficient (Wildman–Crippen LogP) is 3.74. The molecule has 5 amide bonds. The second-order valence-electron chi connectivity index (χ2n) is 15.8. The van der Waals surface area contributed by atoms with Crippen LogP contribution in [-0.4, -0.2) is 95.1 Å². The van der Waals surface area contributed by atoms with Gasteiger partial charge in [0.05, 0.1) is 23.5 Å². The number of hydrogen-bond acceptors (Lipinski definition) is 10. The number of carbonyl (C=O) groups is 6. The first-order valence-electron chi connectivity index (χ1n) is 18.8. The predicted molar refractivity (Wildman–Crippen MR) is 199 cm³/mol. The van der Waals surface area contributed by atoms with E-state index in [1.54, 1.807) is 39.0 Å². The molecular weight excluding hydrogens is 766 g/mol. The molecule has 5 unspecified atom stereocenters. The normalized spacial score (nSPS) is 25.7. The first-order chi connectivity index (χ1) is 26.9. The van der Waals surface area contributed by atoms with Crippen LogP contribution in [0.15, 0.2) is 59.5 Å². The van der Waals surface area contributed by atoms with Crippen molar-refractivity contribution in [3.8, 4) is 0 Å². The standard InChI is InChI=1S/C39H46FN5O11S/c1-38(2,3)56-36(51)41-30-13-8-6-4-5-7-11-25-19-39(25,35(50)43-57(53,54)27-16-14-23(15-17-27)34(48)49)42-32(46)31-18-26(21-45(31)33(30)47)55-37(52)44-20-24-10-9-12-29(40)28(24)22-44/h7,9-12,14-17,25-26,30-31H,4-6,8,13,18-22H2,1-3H3,(H,41,51)(H,42,46)(H,43,50)(H,48,49)/b11-7-. The quantitative estimate of drug-likeness (QED) is 0.308. The Kier molecular flexibility index (Phi) is 11.7. The molecule has 57 heavy (non-hydrogen) atoms. The van der Waals surface area contributed by atoms with E-state index in [4.69, 9.17) is 9.47 Å². The van der Waals surface area contributed by atoms with E-state index >= 15 is 0 Å². The van der Waals surface area contributed by atoms with Crippen molar-refractivity contribution < 1.29 is 56.2 Å². The summed E-state index contributed by atoms with van der Waals surface area (Å²) in [6.45, 7) is 4.80. The molecule has 6 rings (SSSR count). The van der Waals surface area contributed by atoms with Crippen LogP contribution in [0.2, 0.25) is 0 Å². The Hall–Kier alpha value is -5.52. The number of aromatic carboxylic acids is 1. The SMILES string of the molecule is CC(C)(C)OC(=O)NC1CCCCC/C=C\C2CC2(C(=O)NS(=O)(=O)c2ccc(C(=O)O)cc2)NC(=O)C2CC(OC(=O)N3Cc4cccc(F)c4C3)CN2C1=O. The summed E-state index contributed by atoms with van der Waals surface area (Å²) in [5, 5.41) is 14.6. The molecule has 1 saturated heterocycles. The van der Waals surface area contributed by atoms with Gasteiger partial charge in [0.15, 0.2) is 0 Å². The number of allylic oxidation sites excluding steroid dienone is 1. The van der Waals surface area contributed by atoms with Crippen LogP contribution >= 0.6 is 0 Å². The lowest BCUT2D eigenvalue weighted by Crippen LogP contribution is -2.58. The molecule has 0 spiro atoms. The second-order valence-corrected chi connectivity index (χ2v) is 17.5. The monoisotopic (exact) mass is 811 g/mol. The number of alkyl carbamates (subject to hydrolysis) is 1. The highest BCUT2D eigenvalue weighted by Gasteiger charge is 2.62. The highest BCUT2D eigenvalue weighted by atomic mass is 32.2. The number of fused-ring (bicyclic) bond motifs is 3. The van der Waals surface area contributed by atoms with Gasteiger partial charge in [-0.15, -0.1) is 0 Å². The Labute approximate surface area is 329 Å². The van der Waals surface area contributed by atoms with Crippen LogP contribution in [0.3, 0.4) is 0 Å².